The van der Waals surface area contributed by atoms with Crippen LogP contribution in [0.4, 0.5) is 0 Å². The van der Waals surface area contributed by atoms with Crippen molar-refractivity contribution in [2.45, 2.75) is 19.3 Å². The number of fused-ring (bicyclic) bond motifs is 1. The fourth-order valence-corrected chi connectivity index (χ4v) is 3.94. The second-order valence-corrected chi connectivity index (χ2v) is 7.14. The van der Waals surface area contributed by atoms with Crippen LogP contribution in [0.2, 0.25) is 0 Å². The Hall–Kier alpha value is -2.56. The van der Waals surface area contributed by atoms with Gasteiger partial charge in [0.25, 0.3) is 5.91 Å². The van der Waals surface area contributed by atoms with Crippen molar-refractivity contribution in [3.8, 4) is 5.75 Å². The summed E-state index contributed by atoms with van der Waals surface area (Å²) < 4.78 is 5.67. The van der Waals surface area contributed by atoms with E-state index in [0.717, 1.165) is 30.0 Å². The zero-order valence-corrected chi connectivity index (χ0v) is 14.0. The molecule has 1 atom stereocenters. The molecule has 1 aliphatic carbocycles. The fourth-order valence-electron chi connectivity index (χ4n) is 3.94. The van der Waals surface area contributed by atoms with Crippen LogP contribution in [0.15, 0.2) is 42.5 Å². The number of carboxylic acids is 1. The molecule has 4 rings (SSSR count). The first-order valence-corrected chi connectivity index (χ1v) is 8.70. The first-order chi connectivity index (χ1) is 12.1. The maximum atomic E-state index is 12.4. The number of amides is 1. The van der Waals surface area contributed by atoms with Crippen molar-refractivity contribution in [3.05, 3.63) is 42.5 Å². The molecule has 1 heterocycles. The van der Waals surface area contributed by atoms with Crippen molar-refractivity contribution in [2.24, 2.45) is 11.3 Å². The number of likely N-dealkylation sites (tertiary alicyclic amines) is 1. The van der Waals surface area contributed by atoms with E-state index >= 15 is 0 Å². The summed E-state index contributed by atoms with van der Waals surface area (Å²) in [4.78, 5) is 25.3. The molecule has 1 unspecified atom stereocenters. The van der Waals surface area contributed by atoms with Gasteiger partial charge in [-0.1, -0.05) is 30.3 Å². The molecule has 5 heteroatoms. The van der Waals surface area contributed by atoms with Crippen molar-refractivity contribution in [3.63, 3.8) is 0 Å². The molecule has 25 heavy (non-hydrogen) atoms. The number of hydrogen-bond acceptors (Lipinski definition) is 3. The third kappa shape index (κ3) is 3.06. The van der Waals surface area contributed by atoms with Crippen LogP contribution in [-0.2, 0) is 9.59 Å². The van der Waals surface area contributed by atoms with E-state index in [-0.39, 0.29) is 23.8 Å². The highest BCUT2D eigenvalue weighted by Crippen LogP contribution is 2.59. The predicted octanol–water partition coefficient (Wildman–Crippen LogP) is 2.93. The van der Waals surface area contributed by atoms with E-state index in [1.165, 1.54) is 0 Å². The predicted molar refractivity (Wildman–Crippen MR) is 93.4 cm³/mol. The van der Waals surface area contributed by atoms with E-state index in [1.54, 1.807) is 4.90 Å². The Kier molecular flexibility index (Phi) is 3.86. The lowest BCUT2D eigenvalue weighted by Crippen LogP contribution is -2.42. The summed E-state index contributed by atoms with van der Waals surface area (Å²) in [5.74, 6) is -0.248. The highest BCUT2D eigenvalue weighted by atomic mass is 16.5. The third-order valence-corrected chi connectivity index (χ3v) is 5.68. The van der Waals surface area contributed by atoms with Gasteiger partial charge in [0.1, 0.15) is 5.75 Å². The van der Waals surface area contributed by atoms with Crippen molar-refractivity contribution in [1.82, 2.24) is 4.90 Å². The third-order valence-electron chi connectivity index (χ3n) is 5.68. The molecular weight excluding hydrogens is 318 g/mol. The van der Waals surface area contributed by atoms with Gasteiger partial charge in [-0.15, -0.1) is 0 Å². The van der Waals surface area contributed by atoms with E-state index < -0.39 is 5.97 Å². The zero-order chi connectivity index (χ0) is 17.4. The highest BCUT2D eigenvalue weighted by Gasteiger charge is 2.59. The van der Waals surface area contributed by atoms with Gasteiger partial charge in [0.2, 0.25) is 0 Å². The largest absolute Gasteiger partial charge is 0.484 e. The average molecular weight is 339 g/mol. The van der Waals surface area contributed by atoms with E-state index in [9.17, 15) is 9.59 Å². The molecule has 2 fully saturated rings. The zero-order valence-electron chi connectivity index (χ0n) is 14.0. The molecule has 130 valence electrons. The summed E-state index contributed by atoms with van der Waals surface area (Å²) in [6.45, 7) is 1.28. The van der Waals surface area contributed by atoms with Gasteiger partial charge in [-0.2, -0.15) is 0 Å². The van der Waals surface area contributed by atoms with Gasteiger partial charge in [0.05, 0.1) is 5.92 Å². The number of hydrogen-bond donors (Lipinski definition) is 1. The summed E-state index contributed by atoms with van der Waals surface area (Å²) in [6.07, 6.45) is 2.33. The number of rotatable bonds is 4. The lowest BCUT2D eigenvalue weighted by molar-refractivity contribution is -0.140. The van der Waals surface area contributed by atoms with E-state index in [0.29, 0.717) is 18.8 Å². The number of carbonyl (C=O) groups excluding carboxylic acids is 1. The molecule has 1 saturated heterocycles. The standard InChI is InChI=1S/C20H21NO4/c22-18(21-9-7-20(8-10-21)12-17(20)19(23)24)13-25-16-6-5-14-3-1-2-4-15(14)11-16/h1-6,11,17H,7-10,12-13H2,(H,23,24). The van der Waals surface area contributed by atoms with Gasteiger partial charge in [-0.25, -0.2) is 0 Å². The lowest BCUT2D eigenvalue weighted by Gasteiger charge is -2.32. The van der Waals surface area contributed by atoms with E-state index in [4.69, 9.17) is 9.84 Å². The highest BCUT2D eigenvalue weighted by molar-refractivity contribution is 5.84. The first-order valence-electron chi connectivity index (χ1n) is 8.70. The number of carbonyl (C=O) groups is 2. The van der Waals surface area contributed by atoms with Crippen LogP contribution < -0.4 is 4.74 Å². The Balaban J connectivity index is 1.31. The number of aliphatic carboxylic acids is 1. The molecule has 1 spiro atoms. The second-order valence-electron chi connectivity index (χ2n) is 7.14. The molecule has 1 aliphatic heterocycles. The smallest absolute Gasteiger partial charge is 0.307 e. The molecule has 1 saturated carbocycles. The normalized spacial score (nSPS) is 21.3. The second kappa shape index (κ2) is 6.06. The summed E-state index contributed by atoms with van der Waals surface area (Å²) >= 11 is 0. The van der Waals surface area contributed by atoms with Crippen molar-refractivity contribution >= 4 is 22.6 Å². The van der Waals surface area contributed by atoms with Crippen LogP contribution in [0.3, 0.4) is 0 Å². The number of benzene rings is 2. The lowest BCUT2D eigenvalue weighted by atomic mass is 9.91. The summed E-state index contributed by atoms with van der Waals surface area (Å²) in [5, 5.41) is 11.4. The van der Waals surface area contributed by atoms with Gasteiger partial charge >= 0.3 is 5.97 Å². The molecule has 1 amide bonds. The van der Waals surface area contributed by atoms with Crippen molar-refractivity contribution in [2.75, 3.05) is 19.7 Å². The Morgan fingerprint density at radius 2 is 1.84 bits per heavy atom. The summed E-state index contributed by atoms with van der Waals surface area (Å²) in [5.41, 5.74) is -0.0538. The summed E-state index contributed by atoms with van der Waals surface area (Å²) in [7, 11) is 0. The maximum Gasteiger partial charge on any atom is 0.307 e. The van der Waals surface area contributed by atoms with Gasteiger partial charge in [-0.3, -0.25) is 9.59 Å². The Morgan fingerprint density at radius 1 is 1.12 bits per heavy atom. The molecule has 2 aliphatic rings. The fraction of sp³-hybridized carbons (Fsp3) is 0.400. The Morgan fingerprint density at radius 3 is 2.52 bits per heavy atom. The molecule has 5 nitrogen and oxygen atoms in total. The quantitative estimate of drug-likeness (QED) is 0.930. The topological polar surface area (TPSA) is 66.8 Å². The van der Waals surface area contributed by atoms with Gasteiger partial charge in [0, 0.05) is 13.1 Å². The van der Waals surface area contributed by atoms with Crippen LogP contribution in [0.25, 0.3) is 10.8 Å². The minimum absolute atomic E-state index is 0.0215. The molecule has 1 N–H and O–H groups in total. The molecule has 2 aromatic carbocycles. The first kappa shape index (κ1) is 15.9. The van der Waals surface area contributed by atoms with E-state index in [2.05, 4.69) is 0 Å². The average Bonchev–Trinajstić information content (AvgIpc) is 3.34. The van der Waals surface area contributed by atoms with Gasteiger partial charge in [-0.05, 0) is 47.6 Å². The van der Waals surface area contributed by atoms with Crippen molar-refractivity contribution < 1.29 is 19.4 Å². The Labute approximate surface area is 146 Å². The van der Waals surface area contributed by atoms with Crippen LogP contribution in [0, 0.1) is 11.3 Å². The van der Waals surface area contributed by atoms with Crippen LogP contribution in [0.5, 0.6) is 5.75 Å². The molecule has 2 aromatic rings. The number of ether oxygens (including phenoxy) is 1. The number of nitrogens with zero attached hydrogens (tertiary/aromatic N) is 1. The number of piperidine rings is 1. The van der Waals surface area contributed by atoms with Crippen LogP contribution >= 0.6 is 0 Å². The minimum atomic E-state index is -0.695. The maximum absolute atomic E-state index is 12.4. The van der Waals surface area contributed by atoms with Crippen molar-refractivity contribution in [1.29, 1.82) is 0 Å². The van der Waals surface area contributed by atoms with Crippen LogP contribution in [0.1, 0.15) is 19.3 Å². The van der Waals surface area contributed by atoms with Gasteiger partial charge < -0.3 is 14.7 Å². The summed E-state index contributed by atoms with van der Waals surface area (Å²) in [6, 6.07) is 13.8. The molecule has 0 aromatic heterocycles. The monoisotopic (exact) mass is 339 g/mol. The minimum Gasteiger partial charge on any atom is -0.484 e. The SMILES string of the molecule is O=C(O)C1CC12CCN(C(=O)COc1ccc3ccccc3c1)CC2. The molecule has 0 bridgehead atoms. The Bertz CT molecular complexity index is 823. The molecular formula is C20H21NO4. The van der Waals surface area contributed by atoms with Gasteiger partial charge in [0.15, 0.2) is 6.61 Å². The van der Waals surface area contributed by atoms with E-state index in [1.807, 2.05) is 42.5 Å². The molecule has 0 radical (unpaired) electrons. The number of carboxylic acid groups (broad SMARTS) is 1. The van der Waals surface area contributed by atoms with Crippen LogP contribution in [-0.4, -0.2) is 41.6 Å².